The third-order valence-electron chi connectivity index (χ3n) is 2.74. The Bertz CT molecular complexity index is 395. The maximum Gasteiger partial charge on any atom is 0.404 e. The molecule has 6 heteroatoms. The van der Waals surface area contributed by atoms with Crippen molar-refractivity contribution in [3.05, 3.63) is 32.7 Å². The molecule has 0 heterocycles. The van der Waals surface area contributed by atoms with Crippen molar-refractivity contribution >= 4 is 31.9 Å². The molecule has 1 unspecified atom stereocenters. The first kappa shape index (κ1) is 15.0. The summed E-state index contributed by atoms with van der Waals surface area (Å²) in [4.78, 5) is 0. The maximum absolute atomic E-state index is 12.7. The molecule has 17 heavy (non-hydrogen) atoms. The highest BCUT2D eigenvalue weighted by Gasteiger charge is 2.47. The van der Waals surface area contributed by atoms with Crippen LogP contribution in [0.25, 0.3) is 0 Å². The van der Waals surface area contributed by atoms with E-state index in [1.807, 2.05) is 0 Å². The molecule has 96 valence electrons. The summed E-state index contributed by atoms with van der Waals surface area (Å²) < 4.78 is 39.5. The van der Waals surface area contributed by atoms with Crippen molar-refractivity contribution in [3.63, 3.8) is 0 Å². The van der Waals surface area contributed by atoms with E-state index in [0.29, 0.717) is 14.5 Å². The van der Waals surface area contributed by atoms with Crippen molar-refractivity contribution < 1.29 is 13.2 Å². The molecule has 1 nitrogen and oxygen atoms in total. The van der Waals surface area contributed by atoms with Crippen LogP contribution in [0.1, 0.15) is 19.4 Å². The molecule has 0 aliphatic heterocycles. The number of hydrogen-bond donors (Lipinski definition) is 1. The lowest BCUT2D eigenvalue weighted by molar-refractivity contribution is -0.160. The predicted molar refractivity (Wildman–Crippen MR) is 68.9 cm³/mol. The van der Waals surface area contributed by atoms with Gasteiger partial charge in [-0.25, -0.2) is 0 Å². The van der Waals surface area contributed by atoms with Crippen LogP contribution in [-0.4, -0.2) is 12.2 Å². The third-order valence-corrected chi connectivity index (χ3v) is 3.65. The molecule has 0 saturated heterocycles. The highest BCUT2D eigenvalue weighted by molar-refractivity contribution is 9.11. The van der Waals surface area contributed by atoms with Gasteiger partial charge in [0.25, 0.3) is 0 Å². The Balaban J connectivity index is 3.21. The first-order valence-corrected chi connectivity index (χ1v) is 6.42. The fourth-order valence-corrected chi connectivity index (χ4v) is 2.81. The Morgan fingerprint density at radius 1 is 1.06 bits per heavy atom. The van der Waals surface area contributed by atoms with Gasteiger partial charge in [-0.15, -0.1) is 0 Å². The van der Waals surface area contributed by atoms with E-state index in [0.717, 1.165) is 0 Å². The Hall–Kier alpha value is -0.0700. The third kappa shape index (κ3) is 3.45. The molecule has 1 atom stereocenters. The number of rotatable bonds is 2. The van der Waals surface area contributed by atoms with E-state index in [4.69, 9.17) is 5.73 Å². The molecule has 0 amide bonds. The number of hydrogen-bond acceptors (Lipinski definition) is 1. The van der Waals surface area contributed by atoms with Crippen molar-refractivity contribution in [1.29, 1.82) is 0 Å². The molecule has 0 spiro atoms. The maximum atomic E-state index is 12.7. The topological polar surface area (TPSA) is 26.0 Å². The Kier molecular flexibility index (Phi) is 4.32. The molecule has 0 aliphatic carbocycles. The zero-order valence-corrected chi connectivity index (χ0v) is 12.4. The van der Waals surface area contributed by atoms with Gasteiger partial charge < -0.3 is 5.73 Å². The van der Waals surface area contributed by atoms with Crippen LogP contribution in [0.4, 0.5) is 13.2 Å². The molecule has 0 aromatic heterocycles. The van der Waals surface area contributed by atoms with Crippen LogP contribution in [-0.2, 0) is 5.41 Å². The predicted octanol–water partition coefficient (Wildman–Crippen LogP) is 4.38. The van der Waals surface area contributed by atoms with Gasteiger partial charge in [0.15, 0.2) is 0 Å². The van der Waals surface area contributed by atoms with E-state index < -0.39 is 17.6 Å². The molecule has 1 aromatic rings. The quantitative estimate of drug-likeness (QED) is 0.816. The molecular weight excluding hydrogens is 363 g/mol. The van der Waals surface area contributed by atoms with E-state index in [9.17, 15) is 13.2 Å². The standard InChI is InChI=1S/C11H12Br2F3N/c1-10(2,9(17)11(14,15)16)6-3-7(12)5-8(13)4-6/h3-5,9H,17H2,1-2H3. The zero-order valence-electron chi connectivity index (χ0n) is 9.28. The summed E-state index contributed by atoms with van der Waals surface area (Å²) in [6.45, 7) is 2.97. The Morgan fingerprint density at radius 2 is 1.47 bits per heavy atom. The molecule has 0 bridgehead atoms. The van der Waals surface area contributed by atoms with Crippen LogP contribution in [0.3, 0.4) is 0 Å². The second-order valence-electron chi connectivity index (χ2n) is 4.40. The average molecular weight is 375 g/mol. The number of halogens is 5. The van der Waals surface area contributed by atoms with E-state index in [2.05, 4.69) is 31.9 Å². The lowest BCUT2D eigenvalue weighted by Crippen LogP contribution is -2.51. The van der Waals surface area contributed by atoms with Crippen LogP contribution >= 0.6 is 31.9 Å². The second kappa shape index (κ2) is 4.90. The molecule has 0 radical (unpaired) electrons. The summed E-state index contributed by atoms with van der Waals surface area (Å²) in [5.74, 6) is 0. The molecular formula is C11H12Br2F3N. The number of nitrogens with two attached hydrogens (primary N) is 1. The molecule has 1 aromatic carbocycles. The van der Waals surface area contributed by atoms with Gasteiger partial charge >= 0.3 is 6.18 Å². The number of alkyl halides is 3. The fourth-order valence-electron chi connectivity index (χ4n) is 1.51. The summed E-state index contributed by atoms with van der Waals surface area (Å²) in [6, 6.07) is 3.15. The van der Waals surface area contributed by atoms with E-state index >= 15 is 0 Å². The van der Waals surface area contributed by atoms with Crippen molar-refractivity contribution in [1.82, 2.24) is 0 Å². The van der Waals surface area contributed by atoms with Crippen molar-refractivity contribution in [3.8, 4) is 0 Å². The summed E-state index contributed by atoms with van der Waals surface area (Å²) >= 11 is 6.51. The van der Waals surface area contributed by atoms with Crippen molar-refractivity contribution in [2.24, 2.45) is 5.73 Å². The van der Waals surface area contributed by atoms with Gasteiger partial charge in [-0.1, -0.05) is 45.7 Å². The van der Waals surface area contributed by atoms with Gasteiger partial charge in [0.1, 0.15) is 6.04 Å². The second-order valence-corrected chi connectivity index (χ2v) is 6.23. The highest BCUT2D eigenvalue weighted by Crippen LogP contribution is 2.37. The Morgan fingerprint density at radius 3 is 1.82 bits per heavy atom. The molecule has 2 N–H and O–H groups in total. The minimum absolute atomic E-state index is 0.531. The van der Waals surface area contributed by atoms with Crippen molar-refractivity contribution in [2.75, 3.05) is 0 Å². The molecule has 0 aliphatic rings. The first-order valence-electron chi connectivity index (χ1n) is 4.84. The van der Waals surface area contributed by atoms with Crippen LogP contribution in [0.15, 0.2) is 27.1 Å². The van der Waals surface area contributed by atoms with E-state index in [-0.39, 0.29) is 0 Å². The molecule has 0 fully saturated rings. The summed E-state index contributed by atoms with van der Waals surface area (Å²) in [5, 5.41) is 0. The van der Waals surface area contributed by atoms with Crippen LogP contribution in [0.5, 0.6) is 0 Å². The van der Waals surface area contributed by atoms with E-state index in [1.165, 1.54) is 13.8 Å². The number of benzene rings is 1. The van der Waals surface area contributed by atoms with Gasteiger partial charge in [0, 0.05) is 14.4 Å². The van der Waals surface area contributed by atoms with E-state index in [1.54, 1.807) is 18.2 Å². The summed E-state index contributed by atoms with van der Waals surface area (Å²) in [7, 11) is 0. The largest absolute Gasteiger partial charge is 0.404 e. The fraction of sp³-hybridized carbons (Fsp3) is 0.455. The van der Waals surface area contributed by atoms with Crippen LogP contribution in [0.2, 0.25) is 0 Å². The van der Waals surface area contributed by atoms with Gasteiger partial charge in [-0.05, 0) is 23.8 Å². The zero-order chi connectivity index (χ0) is 13.4. The van der Waals surface area contributed by atoms with Gasteiger partial charge in [0.05, 0.1) is 0 Å². The lowest BCUT2D eigenvalue weighted by Gasteiger charge is -2.33. The van der Waals surface area contributed by atoms with Crippen LogP contribution < -0.4 is 5.73 Å². The Labute approximate surface area is 115 Å². The van der Waals surface area contributed by atoms with Gasteiger partial charge in [0.2, 0.25) is 0 Å². The average Bonchev–Trinajstić information content (AvgIpc) is 2.13. The highest BCUT2D eigenvalue weighted by atomic mass is 79.9. The van der Waals surface area contributed by atoms with Gasteiger partial charge in [-0.3, -0.25) is 0 Å². The summed E-state index contributed by atoms with van der Waals surface area (Å²) in [5.41, 5.74) is 4.65. The monoisotopic (exact) mass is 373 g/mol. The normalized spacial score (nSPS) is 14.8. The minimum Gasteiger partial charge on any atom is -0.319 e. The SMILES string of the molecule is CC(C)(c1cc(Br)cc(Br)c1)C(N)C(F)(F)F. The summed E-state index contributed by atoms with van der Waals surface area (Å²) in [6.07, 6.45) is -4.42. The molecule has 1 rings (SSSR count). The van der Waals surface area contributed by atoms with Gasteiger partial charge in [-0.2, -0.15) is 13.2 Å². The minimum atomic E-state index is -4.42. The smallest absolute Gasteiger partial charge is 0.319 e. The molecule has 0 saturated carbocycles. The lowest BCUT2D eigenvalue weighted by atomic mass is 9.78. The first-order chi connectivity index (χ1) is 7.55. The van der Waals surface area contributed by atoms with Crippen molar-refractivity contribution in [2.45, 2.75) is 31.5 Å². The van der Waals surface area contributed by atoms with Crippen LogP contribution in [0, 0.1) is 0 Å².